The Morgan fingerprint density at radius 2 is 2.00 bits per heavy atom. The molecule has 1 aromatic carbocycles. The molecular formula is C11H14N2O4. The highest BCUT2D eigenvalue weighted by atomic mass is 16.6. The molecule has 1 amide bonds. The number of aliphatic hydroxyl groups excluding tert-OH is 1. The maximum atomic E-state index is 10.7. The molecule has 17 heavy (non-hydrogen) atoms. The number of aliphatic hydroxyl groups is 1. The second kappa shape index (κ2) is 5.97. The molecule has 0 aliphatic heterocycles. The van der Waals surface area contributed by atoms with Gasteiger partial charge in [-0.25, -0.2) is 4.79 Å². The van der Waals surface area contributed by atoms with E-state index in [-0.39, 0.29) is 6.61 Å². The van der Waals surface area contributed by atoms with E-state index in [1.807, 2.05) is 0 Å². The Hall–Kier alpha value is -1.92. The first-order valence-electron chi connectivity index (χ1n) is 4.95. The lowest BCUT2D eigenvalue weighted by atomic mass is 10.0. The fourth-order valence-electron chi connectivity index (χ4n) is 1.35. The standard InChI is InChI=1S/C11H14N2O4/c12-10(9(6-15)17-11(13)16)8-3-1-7(5-14)2-4-8/h1-4,6,9-10,14H,5,12H2,(H2,13,16). The van der Waals surface area contributed by atoms with Gasteiger partial charge in [-0.05, 0) is 11.1 Å². The number of hydrogen-bond acceptors (Lipinski definition) is 5. The Kier molecular flexibility index (Phi) is 4.62. The Bertz CT molecular complexity index is 391. The Morgan fingerprint density at radius 1 is 1.41 bits per heavy atom. The lowest BCUT2D eigenvalue weighted by Gasteiger charge is -2.18. The van der Waals surface area contributed by atoms with Crippen LogP contribution in [0.25, 0.3) is 0 Å². The van der Waals surface area contributed by atoms with Crippen LogP contribution in [0.4, 0.5) is 4.79 Å². The van der Waals surface area contributed by atoms with E-state index in [2.05, 4.69) is 4.74 Å². The van der Waals surface area contributed by atoms with Crippen molar-refractivity contribution in [3.8, 4) is 0 Å². The van der Waals surface area contributed by atoms with Crippen molar-refractivity contribution in [1.82, 2.24) is 0 Å². The fraction of sp³-hybridized carbons (Fsp3) is 0.273. The normalized spacial score (nSPS) is 13.8. The smallest absolute Gasteiger partial charge is 0.405 e. The maximum Gasteiger partial charge on any atom is 0.405 e. The minimum absolute atomic E-state index is 0.0790. The van der Waals surface area contributed by atoms with Gasteiger partial charge in [0.05, 0.1) is 12.6 Å². The van der Waals surface area contributed by atoms with E-state index in [0.29, 0.717) is 11.8 Å². The van der Waals surface area contributed by atoms with E-state index < -0.39 is 18.2 Å². The molecule has 2 atom stereocenters. The molecule has 5 N–H and O–H groups in total. The van der Waals surface area contributed by atoms with Gasteiger partial charge in [-0.15, -0.1) is 0 Å². The molecule has 0 aromatic heterocycles. The van der Waals surface area contributed by atoms with Crippen LogP contribution >= 0.6 is 0 Å². The molecule has 2 unspecified atom stereocenters. The summed E-state index contributed by atoms with van der Waals surface area (Å²) >= 11 is 0. The first-order chi connectivity index (χ1) is 8.08. The van der Waals surface area contributed by atoms with E-state index in [4.69, 9.17) is 16.6 Å². The predicted octanol–water partition coefficient (Wildman–Crippen LogP) is -0.159. The number of rotatable bonds is 5. The van der Waals surface area contributed by atoms with Crippen LogP contribution in [0.1, 0.15) is 17.2 Å². The molecule has 0 aliphatic rings. The second-order valence-electron chi connectivity index (χ2n) is 3.46. The molecule has 0 aliphatic carbocycles. The van der Waals surface area contributed by atoms with E-state index in [0.717, 1.165) is 5.56 Å². The first-order valence-corrected chi connectivity index (χ1v) is 4.95. The lowest BCUT2D eigenvalue weighted by molar-refractivity contribution is -0.115. The van der Waals surface area contributed by atoms with Crippen LogP contribution in [-0.2, 0) is 16.1 Å². The van der Waals surface area contributed by atoms with Crippen LogP contribution in [-0.4, -0.2) is 23.6 Å². The Balaban J connectivity index is 2.81. The minimum atomic E-state index is -1.12. The molecule has 1 aromatic rings. The Labute approximate surface area is 98.2 Å². The van der Waals surface area contributed by atoms with E-state index in [1.54, 1.807) is 24.3 Å². The van der Waals surface area contributed by atoms with Crippen molar-refractivity contribution in [1.29, 1.82) is 0 Å². The number of aldehydes is 1. The van der Waals surface area contributed by atoms with Gasteiger partial charge < -0.3 is 21.3 Å². The number of primary amides is 1. The minimum Gasteiger partial charge on any atom is -0.437 e. The van der Waals surface area contributed by atoms with Crippen LogP contribution in [0.15, 0.2) is 24.3 Å². The van der Waals surface area contributed by atoms with Gasteiger partial charge >= 0.3 is 6.09 Å². The predicted molar refractivity (Wildman–Crippen MR) is 59.8 cm³/mol. The van der Waals surface area contributed by atoms with Crippen molar-refractivity contribution in [2.45, 2.75) is 18.8 Å². The summed E-state index contributed by atoms with van der Waals surface area (Å²) in [7, 11) is 0. The third-order valence-corrected chi connectivity index (χ3v) is 2.29. The van der Waals surface area contributed by atoms with E-state index in [1.165, 1.54) is 0 Å². The maximum absolute atomic E-state index is 10.7. The molecule has 0 radical (unpaired) electrons. The van der Waals surface area contributed by atoms with Gasteiger partial charge in [0.15, 0.2) is 12.4 Å². The quantitative estimate of drug-likeness (QED) is 0.616. The van der Waals surface area contributed by atoms with E-state index in [9.17, 15) is 9.59 Å². The first kappa shape index (κ1) is 13.1. The van der Waals surface area contributed by atoms with Crippen LogP contribution in [0.2, 0.25) is 0 Å². The van der Waals surface area contributed by atoms with Crippen molar-refractivity contribution >= 4 is 12.4 Å². The van der Waals surface area contributed by atoms with Gasteiger partial charge in [0.25, 0.3) is 0 Å². The summed E-state index contributed by atoms with van der Waals surface area (Å²) in [5.74, 6) is 0. The van der Waals surface area contributed by atoms with Crippen molar-refractivity contribution in [3.05, 3.63) is 35.4 Å². The van der Waals surface area contributed by atoms with Gasteiger partial charge in [0, 0.05) is 0 Å². The molecule has 0 saturated heterocycles. The molecule has 0 heterocycles. The summed E-state index contributed by atoms with van der Waals surface area (Å²) in [5, 5.41) is 8.87. The van der Waals surface area contributed by atoms with Gasteiger partial charge in [-0.1, -0.05) is 24.3 Å². The zero-order valence-corrected chi connectivity index (χ0v) is 9.08. The van der Waals surface area contributed by atoms with Crippen LogP contribution in [0, 0.1) is 0 Å². The highest BCUT2D eigenvalue weighted by Crippen LogP contribution is 2.16. The molecule has 6 nitrogen and oxygen atoms in total. The number of benzene rings is 1. The second-order valence-corrected chi connectivity index (χ2v) is 3.46. The van der Waals surface area contributed by atoms with Gasteiger partial charge in [-0.3, -0.25) is 4.79 Å². The summed E-state index contributed by atoms with van der Waals surface area (Å²) in [6, 6.07) is 5.85. The lowest BCUT2D eigenvalue weighted by Crippen LogP contribution is -2.34. The highest BCUT2D eigenvalue weighted by molar-refractivity contribution is 5.69. The molecule has 92 valence electrons. The van der Waals surface area contributed by atoms with Crippen molar-refractivity contribution in [2.24, 2.45) is 11.5 Å². The SMILES string of the molecule is NC(=O)OC(C=O)C(N)c1ccc(CO)cc1. The fourth-order valence-corrected chi connectivity index (χ4v) is 1.35. The number of hydrogen-bond donors (Lipinski definition) is 3. The van der Waals surface area contributed by atoms with E-state index >= 15 is 0 Å². The van der Waals surface area contributed by atoms with Crippen molar-refractivity contribution in [3.63, 3.8) is 0 Å². The largest absolute Gasteiger partial charge is 0.437 e. The molecule has 0 bridgehead atoms. The van der Waals surface area contributed by atoms with Gasteiger partial charge in [0.1, 0.15) is 0 Å². The number of nitrogens with two attached hydrogens (primary N) is 2. The highest BCUT2D eigenvalue weighted by Gasteiger charge is 2.21. The number of carbonyl (C=O) groups excluding carboxylic acids is 2. The van der Waals surface area contributed by atoms with Crippen LogP contribution in [0.3, 0.4) is 0 Å². The van der Waals surface area contributed by atoms with Gasteiger partial charge in [-0.2, -0.15) is 0 Å². The molecule has 6 heteroatoms. The Morgan fingerprint density at radius 3 is 2.41 bits per heavy atom. The summed E-state index contributed by atoms with van der Waals surface area (Å²) in [6.45, 7) is -0.0790. The third-order valence-electron chi connectivity index (χ3n) is 2.29. The average molecular weight is 238 g/mol. The third kappa shape index (κ3) is 3.54. The topological polar surface area (TPSA) is 116 Å². The van der Waals surface area contributed by atoms with Crippen LogP contribution in [0.5, 0.6) is 0 Å². The molecule has 1 rings (SSSR count). The number of carbonyl (C=O) groups is 2. The van der Waals surface area contributed by atoms with Gasteiger partial charge in [0.2, 0.25) is 0 Å². The zero-order valence-electron chi connectivity index (χ0n) is 9.08. The molecule has 0 saturated carbocycles. The van der Waals surface area contributed by atoms with Crippen molar-refractivity contribution in [2.75, 3.05) is 0 Å². The zero-order chi connectivity index (χ0) is 12.8. The number of ether oxygens (including phenoxy) is 1. The van der Waals surface area contributed by atoms with Crippen LogP contribution < -0.4 is 11.5 Å². The molecule has 0 fully saturated rings. The summed E-state index contributed by atoms with van der Waals surface area (Å²) in [4.78, 5) is 21.3. The van der Waals surface area contributed by atoms with Crippen molar-refractivity contribution < 1.29 is 19.4 Å². The summed E-state index contributed by atoms with van der Waals surface area (Å²) < 4.78 is 4.57. The average Bonchev–Trinajstić information content (AvgIpc) is 2.35. The molecule has 0 spiro atoms. The monoisotopic (exact) mass is 238 g/mol. The number of amides is 1. The molecular weight excluding hydrogens is 224 g/mol. The summed E-state index contributed by atoms with van der Waals surface area (Å²) in [5.41, 5.74) is 11.9. The summed E-state index contributed by atoms with van der Waals surface area (Å²) in [6.07, 6.45) is -1.74.